The first kappa shape index (κ1) is 15.6. The monoisotopic (exact) mass is 294 g/mol. The molecule has 0 saturated carbocycles. The minimum Gasteiger partial charge on any atom is -0.493 e. The van der Waals surface area contributed by atoms with E-state index in [-0.39, 0.29) is 12.5 Å². The van der Waals surface area contributed by atoms with E-state index in [9.17, 15) is 9.90 Å². The Labute approximate surface area is 124 Å². The summed E-state index contributed by atoms with van der Waals surface area (Å²) in [6.45, 7) is 4.01. The molecule has 2 rings (SSSR count). The van der Waals surface area contributed by atoms with Crippen LogP contribution in [0.5, 0.6) is 11.5 Å². The van der Waals surface area contributed by atoms with E-state index in [1.165, 1.54) is 4.90 Å². The lowest BCUT2D eigenvalue weighted by atomic mass is 10.1. The number of amides is 1. The number of benzene rings is 1. The van der Waals surface area contributed by atoms with Crippen LogP contribution in [0.25, 0.3) is 0 Å². The lowest BCUT2D eigenvalue weighted by molar-refractivity contribution is -0.119. The summed E-state index contributed by atoms with van der Waals surface area (Å²) in [6.07, 6.45) is 0.514. The van der Waals surface area contributed by atoms with Gasteiger partial charge in [0.25, 0.3) is 0 Å². The van der Waals surface area contributed by atoms with E-state index in [1.54, 1.807) is 39.1 Å². The van der Waals surface area contributed by atoms with Crippen molar-refractivity contribution in [3.63, 3.8) is 0 Å². The van der Waals surface area contributed by atoms with Gasteiger partial charge in [-0.1, -0.05) is 0 Å². The first-order chi connectivity index (χ1) is 9.78. The predicted molar refractivity (Wildman–Crippen MR) is 79.7 cm³/mol. The van der Waals surface area contributed by atoms with Crippen molar-refractivity contribution in [2.75, 3.05) is 25.2 Å². The number of nitrogens with two attached hydrogens (primary N) is 1. The maximum absolute atomic E-state index is 12.0. The van der Waals surface area contributed by atoms with Crippen LogP contribution in [0, 0.1) is 0 Å². The number of aliphatic hydroxyl groups is 1. The van der Waals surface area contributed by atoms with Crippen LogP contribution >= 0.6 is 0 Å². The molecule has 3 N–H and O–H groups in total. The van der Waals surface area contributed by atoms with Crippen LogP contribution in [0.3, 0.4) is 0 Å². The SMILES string of the molecule is CN1C(=O)[C@@H](N)COc2ccc(OCCC(C)(C)O)cc21. The molecule has 1 aromatic carbocycles. The molecule has 1 amide bonds. The van der Waals surface area contributed by atoms with Crippen molar-refractivity contribution in [3.05, 3.63) is 18.2 Å². The van der Waals surface area contributed by atoms with E-state index in [2.05, 4.69) is 0 Å². The minimum atomic E-state index is -0.770. The van der Waals surface area contributed by atoms with Gasteiger partial charge in [-0.05, 0) is 26.0 Å². The van der Waals surface area contributed by atoms with Crippen LogP contribution in [-0.4, -0.2) is 42.9 Å². The Kier molecular flexibility index (Phi) is 4.39. The second-order valence-electron chi connectivity index (χ2n) is 5.86. The zero-order valence-electron chi connectivity index (χ0n) is 12.6. The molecule has 0 spiro atoms. The van der Waals surface area contributed by atoms with Gasteiger partial charge in [-0.15, -0.1) is 0 Å². The van der Waals surface area contributed by atoms with Gasteiger partial charge >= 0.3 is 0 Å². The molecule has 6 heteroatoms. The second kappa shape index (κ2) is 5.91. The van der Waals surface area contributed by atoms with E-state index in [1.807, 2.05) is 0 Å². The van der Waals surface area contributed by atoms with Crippen LogP contribution < -0.4 is 20.1 Å². The number of hydrogen-bond acceptors (Lipinski definition) is 5. The average molecular weight is 294 g/mol. The number of carbonyl (C=O) groups excluding carboxylic acids is 1. The van der Waals surface area contributed by atoms with E-state index in [4.69, 9.17) is 15.2 Å². The Hall–Kier alpha value is -1.79. The van der Waals surface area contributed by atoms with Crippen LogP contribution in [0.1, 0.15) is 20.3 Å². The molecule has 1 aliphatic heterocycles. The van der Waals surface area contributed by atoms with Gasteiger partial charge in [-0.3, -0.25) is 4.79 Å². The highest BCUT2D eigenvalue weighted by Crippen LogP contribution is 2.34. The molecule has 0 bridgehead atoms. The zero-order chi connectivity index (χ0) is 15.6. The van der Waals surface area contributed by atoms with E-state index < -0.39 is 11.6 Å². The standard InChI is InChI=1S/C15H22N2O4/c1-15(2,19)6-7-20-10-4-5-13-12(8-10)17(3)14(18)11(16)9-21-13/h4-5,8,11,19H,6-7,9,16H2,1-3H3/t11-/m0/s1. The predicted octanol–water partition coefficient (Wildman–Crippen LogP) is 0.909. The molecule has 0 unspecified atom stereocenters. The van der Waals surface area contributed by atoms with Crippen LogP contribution in [0.15, 0.2) is 18.2 Å². The van der Waals surface area contributed by atoms with Crippen molar-refractivity contribution in [1.29, 1.82) is 0 Å². The van der Waals surface area contributed by atoms with Crippen molar-refractivity contribution in [1.82, 2.24) is 0 Å². The lowest BCUT2D eigenvalue weighted by Crippen LogP contribution is -2.43. The first-order valence-electron chi connectivity index (χ1n) is 6.93. The molecular formula is C15H22N2O4. The molecule has 1 atom stereocenters. The molecule has 0 aromatic heterocycles. The Balaban J connectivity index is 2.13. The number of anilines is 1. The Morgan fingerprint density at radius 2 is 2.24 bits per heavy atom. The van der Waals surface area contributed by atoms with Gasteiger partial charge in [-0.2, -0.15) is 0 Å². The van der Waals surface area contributed by atoms with Gasteiger partial charge in [0.05, 0.1) is 17.9 Å². The highest BCUT2D eigenvalue weighted by atomic mass is 16.5. The number of rotatable bonds is 4. The van der Waals surface area contributed by atoms with Crippen LogP contribution in [0.2, 0.25) is 0 Å². The third-order valence-corrected chi connectivity index (χ3v) is 3.34. The Bertz CT molecular complexity index is 525. The Morgan fingerprint density at radius 1 is 1.52 bits per heavy atom. The maximum atomic E-state index is 12.0. The van der Waals surface area contributed by atoms with Crippen molar-refractivity contribution in [2.45, 2.75) is 31.9 Å². The minimum absolute atomic E-state index is 0.162. The highest BCUT2D eigenvalue weighted by Gasteiger charge is 2.26. The molecule has 0 radical (unpaired) electrons. The summed E-state index contributed by atoms with van der Waals surface area (Å²) in [6, 6.07) is 4.62. The maximum Gasteiger partial charge on any atom is 0.247 e. The molecule has 0 saturated heterocycles. The van der Waals surface area contributed by atoms with Gasteiger partial charge < -0.3 is 25.2 Å². The molecule has 1 aromatic rings. The molecule has 1 aliphatic rings. The molecule has 0 aliphatic carbocycles. The van der Waals surface area contributed by atoms with Gasteiger partial charge in [-0.25, -0.2) is 0 Å². The van der Waals surface area contributed by atoms with E-state index >= 15 is 0 Å². The van der Waals surface area contributed by atoms with Crippen molar-refractivity contribution < 1.29 is 19.4 Å². The number of ether oxygens (including phenoxy) is 2. The van der Waals surface area contributed by atoms with Crippen LogP contribution in [-0.2, 0) is 4.79 Å². The number of nitrogens with zero attached hydrogens (tertiary/aromatic N) is 1. The average Bonchev–Trinajstić information content (AvgIpc) is 2.51. The zero-order valence-corrected chi connectivity index (χ0v) is 12.6. The summed E-state index contributed by atoms with van der Waals surface area (Å²) in [5.74, 6) is 1.03. The molecule has 0 fully saturated rings. The van der Waals surface area contributed by atoms with Gasteiger partial charge in [0, 0.05) is 19.5 Å². The summed E-state index contributed by atoms with van der Waals surface area (Å²) in [5, 5.41) is 9.66. The molecule has 116 valence electrons. The van der Waals surface area contributed by atoms with E-state index in [0.717, 1.165) is 0 Å². The van der Waals surface area contributed by atoms with Crippen LogP contribution in [0.4, 0.5) is 5.69 Å². The summed E-state index contributed by atoms with van der Waals surface area (Å²) in [4.78, 5) is 13.5. The number of carbonyl (C=O) groups is 1. The number of likely N-dealkylation sites (N-methyl/N-ethyl adjacent to an activating group) is 1. The summed E-state index contributed by atoms with van der Waals surface area (Å²) < 4.78 is 11.1. The topological polar surface area (TPSA) is 85.0 Å². The number of fused-ring (bicyclic) bond motifs is 1. The largest absolute Gasteiger partial charge is 0.493 e. The number of hydrogen-bond donors (Lipinski definition) is 2. The molecule has 6 nitrogen and oxygen atoms in total. The fourth-order valence-corrected chi connectivity index (χ4v) is 2.01. The quantitative estimate of drug-likeness (QED) is 0.862. The fourth-order valence-electron chi connectivity index (χ4n) is 2.01. The first-order valence-corrected chi connectivity index (χ1v) is 6.93. The van der Waals surface area contributed by atoms with Crippen molar-refractivity contribution in [2.24, 2.45) is 5.73 Å². The highest BCUT2D eigenvalue weighted by molar-refractivity contribution is 5.98. The summed E-state index contributed by atoms with van der Waals surface area (Å²) in [7, 11) is 1.66. The van der Waals surface area contributed by atoms with Crippen molar-refractivity contribution in [3.8, 4) is 11.5 Å². The van der Waals surface area contributed by atoms with Gasteiger partial charge in [0.2, 0.25) is 5.91 Å². The van der Waals surface area contributed by atoms with Crippen molar-refractivity contribution >= 4 is 11.6 Å². The normalized spacial score (nSPS) is 18.8. The lowest BCUT2D eigenvalue weighted by Gasteiger charge is -2.20. The smallest absolute Gasteiger partial charge is 0.247 e. The third kappa shape index (κ3) is 3.86. The van der Waals surface area contributed by atoms with Gasteiger partial charge in [0.1, 0.15) is 24.1 Å². The fraction of sp³-hybridized carbons (Fsp3) is 0.533. The summed E-state index contributed by atoms with van der Waals surface area (Å²) >= 11 is 0. The molecule has 21 heavy (non-hydrogen) atoms. The second-order valence-corrected chi connectivity index (χ2v) is 5.86. The Morgan fingerprint density at radius 3 is 2.90 bits per heavy atom. The van der Waals surface area contributed by atoms with E-state index in [0.29, 0.717) is 30.2 Å². The summed E-state index contributed by atoms with van der Waals surface area (Å²) in [5.41, 5.74) is 5.60. The van der Waals surface area contributed by atoms with Gasteiger partial charge in [0.15, 0.2) is 0 Å². The third-order valence-electron chi connectivity index (χ3n) is 3.34. The molecule has 1 heterocycles. The molecular weight excluding hydrogens is 272 g/mol.